The first kappa shape index (κ1) is 9.52. The Morgan fingerprint density at radius 3 is 2.69 bits per heavy atom. The zero-order valence-electron chi connectivity index (χ0n) is 9.49. The van der Waals surface area contributed by atoms with Crippen molar-refractivity contribution in [2.45, 2.75) is 19.8 Å². The molecule has 0 radical (unpaired) electrons. The average molecular weight is 214 g/mol. The van der Waals surface area contributed by atoms with Gasteiger partial charge in [0.15, 0.2) is 11.5 Å². The van der Waals surface area contributed by atoms with Gasteiger partial charge in [0.1, 0.15) is 0 Å². The van der Waals surface area contributed by atoms with Crippen molar-refractivity contribution in [1.29, 1.82) is 0 Å². The Bertz CT molecular complexity index is 544. The second-order valence-electron chi connectivity index (χ2n) is 4.40. The van der Waals surface area contributed by atoms with Crippen LogP contribution in [0, 0.1) is 0 Å². The predicted octanol–water partition coefficient (Wildman–Crippen LogP) is 3.69. The lowest BCUT2D eigenvalue weighted by Gasteiger charge is -2.10. The van der Waals surface area contributed by atoms with Gasteiger partial charge in [0, 0.05) is 5.39 Å². The van der Waals surface area contributed by atoms with Crippen LogP contribution in [0.25, 0.3) is 10.8 Å². The molecule has 2 nitrogen and oxygen atoms in total. The van der Waals surface area contributed by atoms with E-state index in [-0.39, 0.29) is 0 Å². The highest BCUT2D eigenvalue weighted by molar-refractivity contribution is 5.93. The summed E-state index contributed by atoms with van der Waals surface area (Å²) in [6.45, 7) is 4.75. The van der Waals surface area contributed by atoms with Crippen molar-refractivity contribution < 1.29 is 9.47 Å². The molecule has 0 amide bonds. The fourth-order valence-electron chi connectivity index (χ4n) is 2.25. The highest BCUT2D eigenvalue weighted by Gasteiger charge is 2.17. The van der Waals surface area contributed by atoms with E-state index in [1.807, 2.05) is 6.07 Å². The first-order valence-corrected chi connectivity index (χ1v) is 5.58. The van der Waals surface area contributed by atoms with Crippen LogP contribution in [0.3, 0.4) is 0 Å². The van der Waals surface area contributed by atoms with Gasteiger partial charge in [-0.15, -0.1) is 0 Å². The van der Waals surface area contributed by atoms with Gasteiger partial charge in [-0.2, -0.15) is 0 Å². The number of ether oxygens (including phenoxy) is 2. The molecule has 0 fully saturated rings. The van der Waals surface area contributed by atoms with Crippen LogP contribution < -0.4 is 9.47 Å². The highest BCUT2D eigenvalue weighted by atomic mass is 16.7. The van der Waals surface area contributed by atoms with Crippen LogP contribution in [0.15, 0.2) is 30.3 Å². The molecular weight excluding hydrogens is 200 g/mol. The van der Waals surface area contributed by atoms with Crippen LogP contribution in [0.1, 0.15) is 25.3 Å². The smallest absolute Gasteiger partial charge is 0.231 e. The van der Waals surface area contributed by atoms with Crippen molar-refractivity contribution in [2.24, 2.45) is 0 Å². The lowest BCUT2D eigenvalue weighted by Crippen LogP contribution is -1.93. The second-order valence-corrected chi connectivity index (χ2v) is 4.40. The van der Waals surface area contributed by atoms with Crippen LogP contribution >= 0.6 is 0 Å². The van der Waals surface area contributed by atoms with Crippen molar-refractivity contribution in [3.8, 4) is 11.5 Å². The third-order valence-electron chi connectivity index (χ3n) is 3.05. The lowest BCUT2D eigenvalue weighted by atomic mass is 9.95. The van der Waals surface area contributed by atoms with Crippen LogP contribution in [0.4, 0.5) is 0 Å². The van der Waals surface area contributed by atoms with Crippen LogP contribution in [-0.4, -0.2) is 6.79 Å². The first-order valence-electron chi connectivity index (χ1n) is 5.58. The summed E-state index contributed by atoms with van der Waals surface area (Å²) in [7, 11) is 0. The SMILES string of the molecule is CC(C)c1cccc2c3c(ccc12)OCO3. The van der Waals surface area contributed by atoms with E-state index in [2.05, 4.69) is 38.1 Å². The fourth-order valence-corrected chi connectivity index (χ4v) is 2.25. The Balaban J connectivity index is 2.35. The third kappa shape index (κ3) is 1.26. The van der Waals surface area contributed by atoms with Gasteiger partial charge in [0.2, 0.25) is 6.79 Å². The van der Waals surface area contributed by atoms with E-state index in [9.17, 15) is 0 Å². The molecule has 0 unspecified atom stereocenters. The van der Waals surface area contributed by atoms with Gasteiger partial charge in [0.05, 0.1) is 0 Å². The van der Waals surface area contributed by atoms with E-state index in [0.717, 1.165) is 16.9 Å². The molecule has 2 aromatic carbocycles. The van der Waals surface area contributed by atoms with Crippen LogP contribution in [-0.2, 0) is 0 Å². The van der Waals surface area contributed by atoms with Crippen LogP contribution in [0.2, 0.25) is 0 Å². The maximum Gasteiger partial charge on any atom is 0.231 e. The molecular formula is C14H14O2. The molecule has 0 aromatic heterocycles. The standard InChI is InChI=1S/C14H14O2/c1-9(2)10-4-3-5-12-11(10)6-7-13-14(12)16-8-15-13/h3-7,9H,8H2,1-2H3. The topological polar surface area (TPSA) is 18.5 Å². The molecule has 0 aliphatic carbocycles. The molecule has 0 saturated heterocycles. The Kier molecular flexibility index (Phi) is 2.03. The summed E-state index contributed by atoms with van der Waals surface area (Å²) in [5, 5.41) is 2.42. The molecule has 1 heterocycles. The van der Waals surface area contributed by atoms with Gasteiger partial charge in [-0.25, -0.2) is 0 Å². The number of hydrogen-bond donors (Lipinski definition) is 0. The number of benzene rings is 2. The summed E-state index contributed by atoms with van der Waals surface area (Å²) in [4.78, 5) is 0. The molecule has 2 heteroatoms. The summed E-state index contributed by atoms with van der Waals surface area (Å²) >= 11 is 0. The quantitative estimate of drug-likeness (QED) is 0.720. The van der Waals surface area contributed by atoms with Gasteiger partial charge in [0.25, 0.3) is 0 Å². The van der Waals surface area contributed by atoms with Gasteiger partial charge in [-0.3, -0.25) is 0 Å². The van der Waals surface area contributed by atoms with Gasteiger partial charge in [-0.05, 0) is 22.9 Å². The highest BCUT2D eigenvalue weighted by Crippen LogP contribution is 2.40. The van der Waals surface area contributed by atoms with Crippen molar-refractivity contribution in [2.75, 3.05) is 6.79 Å². The summed E-state index contributed by atoms with van der Waals surface area (Å²) in [5.41, 5.74) is 1.36. The summed E-state index contributed by atoms with van der Waals surface area (Å²) < 4.78 is 10.9. The molecule has 2 aromatic rings. The Hall–Kier alpha value is -1.70. The molecule has 1 aliphatic rings. The number of fused-ring (bicyclic) bond motifs is 3. The van der Waals surface area contributed by atoms with Gasteiger partial charge < -0.3 is 9.47 Å². The molecule has 82 valence electrons. The third-order valence-corrected chi connectivity index (χ3v) is 3.05. The maximum atomic E-state index is 5.52. The van der Waals surface area contributed by atoms with Gasteiger partial charge in [-0.1, -0.05) is 38.1 Å². The molecule has 0 bridgehead atoms. The Labute approximate surface area is 94.8 Å². The summed E-state index contributed by atoms with van der Waals surface area (Å²) in [6.07, 6.45) is 0. The zero-order valence-corrected chi connectivity index (χ0v) is 9.49. The number of hydrogen-bond acceptors (Lipinski definition) is 2. The van der Waals surface area contributed by atoms with Crippen molar-refractivity contribution in [3.63, 3.8) is 0 Å². The molecule has 0 saturated carbocycles. The second kappa shape index (κ2) is 3.41. The molecule has 0 atom stereocenters. The average Bonchev–Trinajstić information content (AvgIpc) is 2.76. The van der Waals surface area contributed by atoms with Crippen molar-refractivity contribution >= 4 is 10.8 Å². The zero-order chi connectivity index (χ0) is 11.1. The minimum absolute atomic E-state index is 0.334. The van der Waals surface area contributed by atoms with Crippen molar-refractivity contribution in [1.82, 2.24) is 0 Å². The largest absolute Gasteiger partial charge is 0.454 e. The molecule has 0 spiro atoms. The van der Waals surface area contributed by atoms with E-state index < -0.39 is 0 Å². The minimum Gasteiger partial charge on any atom is -0.454 e. The lowest BCUT2D eigenvalue weighted by molar-refractivity contribution is 0.175. The van der Waals surface area contributed by atoms with E-state index in [4.69, 9.17) is 9.47 Å². The molecule has 16 heavy (non-hydrogen) atoms. The van der Waals surface area contributed by atoms with E-state index in [1.165, 1.54) is 10.9 Å². The summed E-state index contributed by atoms with van der Waals surface area (Å²) in [5.74, 6) is 2.26. The Morgan fingerprint density at radius 2 is 1.88 bits per heavy atom. The molecule has 1 aliphatic heterocycles. The Morgan fingerprint density at radius 1 is 1.00 bits per heavy atom. The van der Waals surface area contributed by atoms with E-state index in [0.29, 0.717) is 12.7 Å². The van der Waals surface area contributed by atoms with Gasteiger partial charge >= 0.3 is 0 Å². The molecule has 3 rings (SSSR count). The fraction of sp³-hybridized carbons (Fsp3) is 0.286. The monoisotopic (exact) mass is 214 g/mol. The maximum absolute atomic E-state index is 5.52. The van der Waals surface area contributed by atoms with Crippen LogP contribution in [0.5, 0.6) is 11.5 Å². The normalized spacial score (nSPS) is 13.7. The van der Waals surface area contributed by atoms with E-state index >= 15 is 0 Å². The van der Waals surface area contributed by atoms with Crippen molar-refractivity contribution in [3.05, 3.63) is 35.9 Å². The van der Waals surface area contributed by atoms with E-state index in [1.54, 1.807) is 0 Å². The minimum atomic E-state index is 0.334. The summed E-state index contributed by atoms with van der Waals surface area (Å²) in [6, 6.07) is 10.5. The molecule has 0 N–H and O–H groups in total. The number of rotatable bonds is 1. The predicted molar refractivity (Wildman–Crippen MR) is 64.2 cm³/mol. The first-order chi connectivity index (χ1) is 7.77.